The van der Waals surface area contributed by atoms with Crippen molar-refractivity contribution in [3.8, 4) is 11.5 Å². The summed E-state index contributed by atoms with van der Waals surface area (Å²) in [6.45, 7) is 3.59. The first-order valence-corrected chi connectivity index (χ1v) is 10.8. The molecule has 0 spiro atoms. The lowest BCUT2D eigenvalue weighted by Crippen LogP contribution is -2.42. The molecule has 1 unspecified atom stereocenters. The molecule has 1 aliphatic heterocycles. The molecule has 166 valence electrons. The van der Waals surface area contributed by atoms with Crippen molar-refractivity contribution in [3.63, 3.8) is 0 Å². The smallest absolute Gasteiger partial charge is 0.257 e. The number of nitrogens with zero attached hydrogens (tertiary/aromatic N) is 1. The first kappa shape index (κ1) is 22.6. The third-order valence-corrected chi connectivity index (χ3v) is 5.32. The maximum atomic E-state index is 12.0. The monoisotopic (exact) mass is 425 g/mol. The summed E-state index contributed by atoms with van der Waals surface area (Å²) >= 11 is 0. The Morgan fingerprint density at radius 2 is 1.74 bits per heavy atom. The summed E-state index contributed by atoms with van der Waals surface area (Å²) in [7, 11) is 0. The Kier molecular flexibility index (Phi) is 8.72. The lowest BCUT2D eigenvalue weighted by Gasteiger charge is -2.31. The number of carbonyl (C=O) groups excluding carboxylic acids is 2. The fourth-order valence-corrected chi connectivity index (χ4v) is 3.59. The second kappa shape index (κ2) is 12.0. The van der Waals surface area contributed by atoms with Crippen molar-refractivity contribution in [3.05, 3.63) is 60.2 Å². The number of amides is 2. The molecule has 2 aromatic rings. The second-order valence-corrected chi connectivity index (χ2v) is 7.78. The topological polar surface area (TPSA) is 93.9 Å². The lowest BCUT2D eigenvalue weighted by molar-refractivity contribution is -0.123. The molecule has 0 radical (unpaired) electrons. The molecule has 3 rings (SSSR count). The number of benzene rings is 2. The van der Waals surface area contributed by atoms with Crippen molar-refractivity contribution in [2.75, 3.05) is 32.8 Å². The Hall–Kier alpha value is -3.06. The van der Waals surface area contributed by atoms with Gasteiger partial charge in [-0.25, -0.2) is 0 Å². The summed E-state index contributed by atoms with van der Waals surface area (Å²) in [5, 5.41) is 2.87. The fraction of sp³-hybridized carbons (Fsp3) is 0.417. The van der Waals surface area contributed by atoms with Gasteiger partial charge in [0.25, 0.3) is 5.91 Å². The number of primary amides is 1. The Balaban J connectivity index is 1.28. The second-order valence-electron chi connectivity index (χ2n) is 7.78. The average molecular weight is 426 g/mol. The Morgan fingerprint density at radius 1 is 1.03 bits per heavy atom. The van der Waals surface area contributed by atoms with Crippen LogP contribution in [0.25, 0.3) is 0 Å². The number of rotatable bonds is 11. The third kappa shape index (κ3) is 7.94. The lowest BCUT2D eigenvalue weighted by atomic mass is 9.97. The maximum Gasteiger partial charge on any atom is 0.257 e. The molecular weight excluding hydrogens is 394 g/mol. The fourth-order valence-electron chi connectivity index (χ4n) is 3.59. The summed E-state index contributed by atoms with van der Waals surface area (Å²) in [5.74, 6) is 0.945. The van der Waals surface area contributed by atoms with Crippen LogP contribution in [0.15, 0.2) is 54.6 Å². The number of hydrogen-bond donors (Lipinski definition) is 2. The highest BCUT2D eigenvalue weighted by Crippen LogP contribution is 2.19. The minimum atomic E-state index is -0.217. The van der Waals surface area contributed by atoms with Crippen LogP contribution in [0.3, 0.4) is 0 Å². The van der Waals surface area contributed by atoms with Crippen molar-refractivity contribution in [1.82, 2.24) is 10.2 Å². The number of carbonyl (C=O) groups is 2. The number of nitrogens with one attached hydrogen (secondary N) is 1. The van der Waals surface area contributed by atoms with Gasteiger partial charge in [0, 0.05) is 13.1 Å². The van der Waals surface area contributed by atoms with Gasteiger partial charge < -0.3 is 25.4 Å². The van der Waals surface area contributed by atoms with Gasteiger partial charge in [0.1, 0.15) is 18.1 Å². The van der Waals surface area contributed by atoms with Gasteiger partial charge >= 0.3 is 0 Å². The highest BCUT2D eigenvalue weighted by atomic mass is 16.5. The van der Waals surface area contributed by atoms with Crippen LogP contribution in [0.4, 0.5) is 0 Å². The van der Waals surface area contributed by atoms with E-state index in [1.807, 2.05) is 42.5 Å². The molecule has 1 atom stereocenters. The standard InChI is InChI=1S/C24H31N3O4/c25-24(29)20-8-4-14-27(16-20)15-5-13-26-23(28)18-31-22-11-9-21(10-12-22)30-17-19-6-2-1-3-7-19/h1-3,6-7,9-12,20H,4-5,8,13-18H2,(H2,25,29)(H,26,28). The molecule has 1 fully saturated rings. The summed E-state index contributed by atoms with van der Waals surface area (Å²) < 4.78 is 11.3. The molecule has 0 saturated carbocycles. The molecule has 7 nitrogen and oxygen atoms in total. The van der Waals surface area contributed by atoms with Crippen LogP contribution in [-0.2, 0) is 16.2 Å². The van der Waals surface area contributed by atoms with Gasteiger partial charge in [-0.3, -0.25) is 9.59 Å². The summed E-state index contributed by atoms with van der Waals surface area (Å²) in [6.07, 6.45) is 2.69. The molecule has 0 aromatic heterocycles. The van der Waals surface area contributed by atoms with Crippen LogP contribution in [0.1, 0.15) is 24.8 Å². The van der Waals surface area contributed by atoms with Gasteiger partial charge in [0.2, 0.25) is 5.91 Å². The molecule has 0 bridgehead atoms. The van der Waals surface area contributed by atoms with Gasteiger partial charge in [0.15, 0.2) is 6.61 Å². The number of likely N-dealkylation sites (tertiary alicyclic amines) is 1. The predicted molar refractivity (Wildman–Crippen MR) is 119 cm³/mol. The first-order chi connectivity index (χ1) is 15.1. The van der Waals surface area contributed by atoms with Gasteiger partial charge in [0.05, 0.1) is 5.92 Å². The quantitative estimate of drug-likeness (QED) is 0.539. The van der Waals surface area contributed by atoms with Crippen molar-refractivity contribution in [1.29, 1.82) is 0 Å². The zero-order chi connectivity index (χ0) is 21.9. The molecule has 7 heteroatoms. The molecule has 1 aliphatic rings. The van der Waals surface area contributed by atoms with E-state index in [1.54, 1.807) is 12.1 Å². The van der Waals surface area contributed by atoms with Gasteiger partial charge in [-0.1, -0.05) is 30.3 Å². The van der Waals surface area contributed by atoms with Gasteiger partial charge in [-0.15, -0.1) is 0 Å². The van der Waals surface area contributed by atoms with E-state index in [-0.39, 0.29) is 24.3 Å². The number of nitrogens with two attached hydrogens (primary N) is 1. The molecular formula is C24H31N3O4. The summed E-state index contributed by atoms with van der Waals surface area (Å²) in [5.41, 5.74) is 6.51. The molecule has 0 aliphatic carbocycles. The molecule has 2 aromatic carbocycles. The van der Waals surface area contributed by atoms with E-state index in [0.717, 1.165) is 50.2 Å². The minimum absolute atomic E-state index is 0.0301. The highest BCUT2D eigenvalue weighted by Gasteiger charge is 2.23. The van der Waals surface area contributed by atoms with Crippen molar-refractivity contribution in [2.45, 2.75) is 25.9 Å². The molecule has 1 saturated heterocycles. The van der Waals surface area contributed by atoms with E-state index in [4.69, 9.17) is 15.2 Å². The van der Waals surface area contributed by atoms with Gasteiger partial charge in [-0.2, -0.15) is 0 Å². The van der Waals surface area contributed by atoms with Crippen molar-refractivity contribution < 1.29 is 19.1 Å². The summed E-state index contributed by atoms with van der Waals surface area (Å²) in [6, 6.07) is 17.2. The van der Waals surface area contributed by atoms with E-state index in [9.17, 15) is 9.59 Å². The average Bonchev–Trinajstić information content (AvgIpc) is 2.80. The maximum absolute atomic E-state index is 12.0. The predicted octanol–water partition coefficient (Wildman–Crippen LogP) is 2.35. The van der Waals surface area contributed by atoms with Crippen molar-refractivity contribution >= 4 is 11.8 Å². The van der Waals surface area contributed by atoms with Crippen LogP contribution in [0.2, 0.25) is 0 Å². The zero-order valence-corrected chi connectivity index (χ0v) is 17.8. The SMILES string of the molecule is NC(=O)C1CCCN(CCCNC(=O)COc2ccc(OCc3ccccc3)cc2)C1. The molecule has 1 heterocycles. The zero-order valence-electron chi connectivity index (χ0n) is 17.8. The summed E-state index contributed by atoms with van der Waals surface area (Å²) in [4.78, 5) is 25.6. The van der Waals surface area contributed by atoms with E-state index in [0.29, 0.717) is 18.9 Å². The number of hydrogen-bond acceptors (Lipinski definition) is 5. The Labute approximate surface area is 183 Å². The minimum Gasteiger partial charge on any atom is -0.489 e. The normalized spacial score (nSPS) is 16.5. The van der Waals surface area contributed by atoms with E-state index in [1.165, 1.54) is 0 Å². The Morgan fingerprint density at radius 3 is 2.45 bits per heavy atom. The van der Waals surface area contributed by atoms with Crippen LogP contribution < -0.4 is 20.5 Å². The van der Waals surface area contributed by atoms with Crippen LogP contribution in [0, 0.1) is 5.92 Å². The third-order valence-electron chi connectivity index (χ3n) is 5.32. The first-order valence-electron chi connectivity index (χ1n) is 10.8. The largest absolute Gasteiger partial charge is 0.489 e. The number of ether oxygens (including phenoxy) is 2. The van der Waals surface area contributed by atoms with Crippen LogP contribution in [0.5, 0.6) is 11.5 Å². The highest BCUT2D eigenvalue weighted by molar-refractivity contribution is 5.77. The molecule has 31 heavy (non-hydrogen) atoms. The molecule has 3 N–H and O–H groups in total. The van der Waals surface area contributed by atoms with Gasteiger partial charge in [-0.05, 0) is 62.2 Å². The van der Waals surface area contributed by atoms with Crippen LogP contribution >= 0.6 is 0 Å². The Bertz CT molecular complexity index is 826. The van der Waals surface area contributed by atoms with E-state index in [2.05, 4.69) is 10.2 Å². The number of piperidine rings is 1. The van der Waals surface area contributed by atoms with E-state index >= 15 is 0 Å². The van der Waals surface area contributed by atoms with Crippen LogP contribution in [-0.4, -0.2) is 49.5 Å². The molecule has 2 amide bonds. The van der Waals surface area contributed by atoms with Crippen molar-refractivity contribution in [2.24, 2.45) is 11.7 Å². The van der Waals surface area contributed by atoms with E-state index < -0.39 is 0 Å².